The fourth-order valence-corrected chi connectivity index (χ4v) is 5.15. The third-order valence-electron chi connectivity index (χ3n) is 6.00. The number of nitrogens with zero attached hydrogens (tertiary/aromatic N) is 1. The zero-order valence-electron chi connectivity index (χ0n) is 22.6. The molecule has 42 heavy (non-hydrogen) atoms. The molecule has 1 heterocycles. The first kappa shape index (κ1) is 31.0. The van der Waals surface area contributed by atoms with Crippen molar-refractivity contribution < 1.29 is 35.9 Å². The van der Waals surface area contributed by atoms with Gasteiger partial charge in [0.2, 0.25) is 0 Å². The van der Waals surface area contributed by atoms with Gasteiger partial charge in [0.15, 0.2) is 5.17 Å². The van der Waals surface area contributed by atoms with E-state index >= 15 is 0 Å². The molecule has 0 aliphatic carbocycles. The largest absolute Gasteiger partial charge is 0.516 e. The summed E-state index contributed by atoms with van der Waals surface area (Å²) in [4.78, 5) is 17.1. The fourth-order valence-electron chi connectivity index (χ4n) is 3.75. The molecule has 1 amide bonds. The number of halogens is 3. The summed E-state index contributed by atoms with van der Waals surface area (Å²) in [6.45, 7) is 4.56. The number of ether oxygens (including phenoxy) is 2. The minimum absolute atomic E-state index is 0.178. The Morgan fingerprint density at radius 3 is 2.33 bits per heavy atom. The first-order valence-electron chi connectivity index (χ1n) is 12.9. The number of alkyl halides is 3. The highest BCUT2D eigenvalue weighted by Gasteiger charge is 2.46. The van der Waals surface area contributed by atoms with Crippen LogP contribution in [-0.2, 0) is 21.4 Å². The van der Waals surface area contributed by atoms with Gasteiger partial charge in [-0.2, -0.15) is 21.6 Å². The number of carbonyl (C=O) groups excluding carboxylic acids is 1. The first-order chi connectivity index (χ1) is 20.0. The molecule has 4 rings (SSSR count). The van der Waals surface area contributed by atoms with Crippen molar-refractivity contribution in [2.24, 2.45) is 4.99 Å². The minimum Gasteiger partial charge on any atom is -0.490 e. The van der Waals surface area contributed by atoms with Crippen molar-refractivity contribution in [2.75, 3.05) is 4.72 Å². The van der Waals surface area contributed by atoms with Gasteiger partial charge in [-0.25, -0.2) is 4.99 Å². The van der Waals surface area contributed by atoms with Gasteiger partial charge in [0.25, 0.3) is 5.91 Å². The van der Waals surface area contributed by atoms with E-state index in [1.54, 1.807) is 18.2 Å². The summed E-state index contributed by atoms with van der Waals surface area (Å²) in [7, 11) is -5.52. The zero-order valence-corrected chi connectivity index (χ0v) is 24.3. The van der Waals surface area contributed by atoms with E-state index < -0.39 is 15.5 Å². The van der Waals surface area contributed by atoms with Crippen molar-refractivity contribution in [1.82, 2.24) is 5.32 Å². The van der Waals surface area contributed by atoms with E-state index in [4.69, 9.17) is 9.47 Å². The number of sulfonamides is 1. The molecule has 2 N–H and O–H groups in total. The van der Waals surface area contributed by atoms with Gasteiger partial charge in [-0.3, -0.25) is 9.52 Å². The Balaban J connectivity index is 1.34. The molecular weight excluding hydrogens is 591 g/mol. The average Bonchev–Trinajstić information content (AvgIpc) is 3.29. The molecule has 1 saturated heterocycles. The van der Waals surface area contributed by atoms with E-state index in [-0.39, 0.29) is 22.9 Å². The van der Waals surface area contributed by atoms with Crippen molar-refractivity contribution >= 4 is 50.3 Å². The second-order valence-corrected chi connectivity index (χ2v) is 11.8. The molecule has 0 unspecified atom stereocenters. The van der Waals surface area contributed by atoms with Crippen molar-refractivity contribution in [3.63, 3.8) is 0 Å². The lowest BCUT2D eigenvalue weighted by molar-refractivity contribution is -0.115. The Bertz CT molecular complexity index is 1570. The number of thioether (sulfide) groups is 1. The highest BCUT2D eigenvalue weighted by molar-refractivity contribution is 8.18. The maximum absolute atomic E-state index is 12.5. The number of nitrogens with one attached hydrogen (secondary N) is 2. The molecule has 1 aliphatic heterocycles. The maximum atomic E-state index is 12.5. The summed E-state index contributed by atoms with van der Waals surface area (Å²) in [5, 5.41) is 2.90. The number of hydrogen-bond donors (Lipinski definition) is 2. The Morgan fingerprint density at radius 2 is 1.69 bits per heavy atom. The van der Waals surface area contributed by atoms with Crippen LogP contribution in [0.15, 0.2) is 82.7 Å². The van der Waals surface area contributed by atoms with E-state index in [9.17, 15) is 26.4 Å². The molecule has 0 radical (unpaired) electrons. The smallest absolute Gasteiger partial charge is 0.490 e. The molecule has 0 atom stereocenters. The third-order valence-corrected chi connectivity index (χ3v) is 8.02. The van der Waals surface area contributed by atoms with Gasteiger partial charge in [0, 0.05) is 5.69 Å². The number of rotatable bonds is 11. The highest BCUT2D eigenvalue weighted by atomic mass is 32.2. The Labute approximate surface area is 246 Å². The summed E-state index contributed by atoms with van der Waals surface area (Å²) < 4.78 is 73.5. The quantitative estimate of drug-likeness (QED) is 0.224. The van der Waals surface area contributed by atoms with Crippen molar-refractivity contribution in [3.05, 3.63) is 88.8 Å². The number of anilines is 1. The van der Waals surface area contributed by atoms with Crippen LogP contribution < -0.4 is 19.5 Å². The van der Waals surface area contributed by atoms with E-state index in [0.29, 0.717) is 22.9 Å². The molecule has 0 aromatic heterocycles. The lowest BCUT2D eigenvalue weighted by atomic mass is 10.2. The second-order valence-electron chi connectivity index (χ2n) is 9.14. The van der Waals surface area contributed by atoms with E-state index in [1.807, 2.05) is 36.4 Å². The third kappa shape index (κ3) is 8.29. The monoisotopic (exact) mass is 619 g/mol. The number of amides is 1. The van der Waals surface area contributed by atoms with Crippen LogP contribution in [0.2, 0.25) is 0 Å². The van der Waals surface area contributed by atoms with E-state index in [1.165, 1.54) is 16.9 Å². The fraction of sp³-hybridized carbons (Fsp3) is 0.241. The molecule has 222 valence electrons. The van der Waals surface area contributed by atoms with E-state index in [2.05, 4.69) is 24.2 Å². The predicted molar refractivity (Wildman–Crippen MR) is 158 cm³/mol. The summed E-state index contributed by atoms with van der Waals surface area (Å²) in [6.07, 6.45) is 3.75. The summed E-state index contributed by atoms with van der Waals surface area (Å²) in [5.41, 5.74) is -3.65. The Kier molecular flexibility index (Phi) is 9.84. The van der Waals surface area contributed by atoms with Gasteiger partial charge in [-0.15, -0.1) is 0 Å². The molecule has 3 aromatic carbocycles. The predicted octanol–water partition coefficient (Wildman–Crippen LogP) is 6.99. The number of hydrogen-bond acceptors (Lipinski definition) is 7. The van der Waals surface area contributed by atoms with Gasteiger partial charge in [0.1, 0.15) is 18.1 Å². The van der Waals surface area contributed by atoms with Gasteiger partial charge >= 0.3 is 15.5 Å². The maximum Gasteiger partial charge on any atom is 0.516 e. The molecule has 0 saturated carbocycles. The highest BCUT2D eigenvalue weighted by Crippen LogP contribution is 2.30. The second kappa shape index (κ2) is 13.3. The number of carbonyl (C=O) groups is 1. The van der Waals surface area contributed by atoms with Crippen LogP contribution in [0.4, 0.5) is 24.5 Å². The Hall–Kier alpha value is -3.97. The van der Waals surface area contributed by atoms with Gasteiger partial charge in [0.05, 0.1) is 16.7 Å². The van der Waals surface area contributed by atoms with Crippen LogP contribution in [0.25, 0.3) is 6.08 Å². The average molecular weight is 620 g/mol. The van der Waals surface area contributed by atoms with Crippen LogP contribution in [0, 0.1) is 0 Å². The van der Waals surface area contributed by atoms with Crippen LogP contribution in [0.5, 0.6) is 11.5 Å². The van der Waals surface area contributed by atoms with Crippen molar-refractivity contribution in [3.8, 4) is 11.5 Å². The molecule has 1 aliphatic rings. The SMILES string of the molecule is CCC(CC)Oc1cccc(COc2ccc(/C=C3/SC(=Nc4ccc(NS(=O)(=O)C(F)(F)F)cc4)NC3=O)cc2)c1. The number of benzene rings is 3. The van der Waals surface area contributed by atoms with Crippen LogP contribution in [-0.4, -0.2) is 31.1 Å². The lowest BCUT2D eigenvalue weighted by Gasteiger charge is -2.16. The number of amidine groups is 1. The zero-order chi connectivity index (χ0) is 30.3. The summed E-state index contributed by atoms with van der Waals surface area (Å²) in [6, 6.07) is 20.0. The first-order valence-corrected chi connectivity index (χ1v) is 15.2. The van der Waals surface area contributed by atoms with Crippen LogP contribution in [0.3, 0.4) is 0 Å². The van der Waals surface area contributed by atoms with E-state index in [0.717, 1.165) is 53.6 Å². The van der Waals surface area contributed by atoms with Gasteiger partial charge in [-0.05, 0) is 90.3 Å². The standard InChI is InChI=1S/C29H28F3N3O5S2/c1-3-23(4-2)40-25-7-5-6-20(16-25)18-39-24-14-8-19(9-15-24)17-26-27(36)34-28(41-26)33-21-10-12-22(13-11-21)35-42(37,38)29(30,31)32/h5-17,23,35H,3-4,18H2,1-2H3,(H,33,34,36)/b26-17+. The van der Waals surface area contributed by atoms with Crippen LogP contribution >= 0.6 is 11.8 Å². The topological polar surface area (TPSA) is 106 Å². The molecule has 8 nitrogen and oxygen atoms in total. The summed E-state index contributed by atoms with van der Waals surface area (Å²) in [5.74, 6) is 1.12. The van der Waals surface area contributed by atoms with Gasteiger partial charge in [-0.1, -0.05) is 38.1 Å². The Morgan fingerprint density at radius 1 is 1.00 bits per heavy atom. The molecule has 0 spiro atoms. The molecular formula is C29H28F3N3O5S2. The normalized spacial score (nSPS) is 15.7. The summed E-state index contributed by atoms with van der Waals surface area (Å²) >= 11 is 1.09. The van der Waals surface area contributed by atoms with Crippen LogP contribution in [0.1, 0.15) is 37.8 Å². The minimum atomic E-state index is -5.52. The number of aliphatic imine (C=N–C) groups is 1. The molecule has 1 fully saturated rings. The lowest BCUT2D eigenvalue weighted by Crippen LogP contribution is -2.29. The van der Waals surface area contributed by atoms with Crippen molar-refractivity contribution in [1.29, 1.82) is 0 Å². The molecule has 13 heteroatoms. The molecule has 0 bridgehead atoms. The van der Waals surface area contributed by atoms with Gasteiger partial charge < -0.3 is 14.8 Å². The van der Waals surface area contributed by atoms with Crippen molar-refractivity contribution in [2.45, 2.75) is 44.9 Å². The molecule has 3 aromatic rings.